The molecular formula is C9H17N. The van der Waals surface area contributed by atoms with Crippen LogP contribution in [0.25, 0.3) is 0 Å². The van der Waals surface area contributed by atoms with Gasteiger partial charge in [-0.1, -0.05) is 6.08 Å². The van der Waals surface area contributed by atoms with Crippen LogP contribution in [0.2, 0.25) is 0 Å². The lowest BCUT2D eigenvalue weighted by Gasteiger charge is -2.21. The predicted molar refractivity (Wildman–Crippen MR) is 45.0 cm³/mol. The first-order chi connectivity index (χ1) is 4.64. The first kappa shape index (κ1) is 7.80. The summed E-state index contributed by atoms with van der Waals surface area (Å²) in [4.78, 5) is 0. The van der Waals surface area contributed by atoms with E-state index >= 15 is 0 Å². The molecule has 1 aliphatic carbocycles. The molecule has 1 rings (SSSR count). The van der Waals surface area contributed by atoms with E-state index in [0.29, 0.717) is 0 Å². The number of nitrogens with one attached hydrogen (secondary N) is 1. The second-order valence-electron chi connectivity index (χ2n) is 3.75. The fourth-order valence-electron chi connectivity index (χ4n) is 0.802. The molecule has 0 aromatic carbocycles. The van der Waals surface area contributed by atoms with E-state index in [4.69, 9.17) is 0 Å². The summed E-state index contributed by atoms with van der Waals surface area (Å²) in [6.07, 6.45) is 4.80. The van der Waals surface area contributed by atoms with Gasteiger partial charge in [-0.3, -0.25) is 0 Å². The molecule has 0 unspecified atom stereocenters. The highest BCUT2D eigenvalue weighted by Gasteiger charge is 2.23. The molecule has 1 fully saturated rings. The van der Waals surface area contributed by atoms with Gasteiger partial charge in [-0.25, -0.2) is 0 Å². The van der Waals surface area contributed by atoms with E-state index in [1.807, 2.05) is 6.08 Å². The number of hydrogen-bond donors (Lipinski definition) is 1. The molecule has 0 bridgehead atoms. The molecule has 0 aromatic heterocycles. The van der Waals surface area contributed by atoms with Gasteiger partial charge in [-0.15, -0.1) is 6.58 Å². The Morgan fingerprint density at radius 1 is 1.60 bits per heavy atom. The average molecular weight is 139 g/mol. The summed E-state index contributed by atoms with van der Waals surface area (Å²) in [6, 6.07) is 0. The van der Waals surface area contributed by atoms with Crippen LogP contribution < -0.4 is 5.32 Å². The third-order valence-corrected chi connectivity index (χ3v) is 2.05. The van der Waals surface area contributed by atoms with Gasteiger partial charge in [-0.05, 0) is 39.2 Å². The molecule has 1 saturated carbocycles. The standard InChI is InChI=1S/C9H17N/c1-4-9(2,3)10-7-8-5-6-8/h4,8,10H,1,5-7H2,2-3H3. The zero-order valence-corrected chi connectivity index (χ0v) is 6.98. The van der Waals surface area contributed by atoms with Crippen molar-refractivity contribution in [3.8, 4) is 0 Å². The Kier molecular flexibility index (Phi) is 2.14. The maximum atomic E-state index is 3.77. The summed E-state index contributed by atoms with van der Waals surface area (Å²) < 4.78 is 0. The van der Waals surface area contributed by atoms with E-state index in [2.05, 4.69) is 25.7 Å². The van der Waals surface area contributed by atoms with Crippen molar-refractivity contribution in [3.05, 3.63) is 12.7 Å². The van der Waals surface area contributed by atoms with Gasteiger partial charge in [0.15, 0.2) is 0 Å². The highest BCUT2D eigenvalue weighted by molar-refractivity contribution is 4.96. The first-order valence-electron chi connectivity index (χ1n) is 4.03. The van der Waals surface area contributed by atoms with E-state index in [9.17, 15) is 0 Å². The normalized spacial score (nSPS) is 19.0. The van der Waals surface area contributed by atoms with Crippen LogP contribution >= 0.6 is 0 Å². The molecule has 0 atom stereocenters. The van der Waals surface area contributed by atoms with Crippen molar-refractivity contribution >= 4 is 0 Å². The molecule has 1 heteroatoms. The van der Waals surface area contributed by atoms with Crippen molar-refractivity contribution < 1.29 is 0 Å². The molecule has 0 radical (unpaired) electrons. The molecule has 0 spiro atoms. The Morgan fingerprint density at radius 3 is 2.60 bits per heavy atom. The van der Waals surface area contributed by atoms with Crippen molar-refractivity contribution in [1.82, 2.24) is 5.32 Å². The largest absolute Gasteiger partial charge is 0.308 e. The van der Waals surface area contributed by atoms with E-state index in [0.717, 1.165) is 5.92 Å². The van der Waals surface area contributed by atoms with Crippen LogP contribution in [0.4, 0.5) is 0 Å². The van der Waals surface area contributed by atoms with Crippen LogP contribution in [0.1, 0.15) is 26.7 Å². The monoisotopic (exact) mass is 139 g/mol. The van der Waals surface area contributed by atoms with Crippen LogP contribution in [0.15, 0.2) is 12.7 Å². The minimum Gasteiger partial charge on any atom is -0.308 e. The van der Waals surface area contributed by atoms with Crippen LogP contribution in [0.3, 0.4) is 0 Å². The molecule has 0 saturated heterocycles. The maximum Gasteiger partial charge on any atom is 0.0304 e. The van der Waals surface area contributed by atoms with Gasteiger partial charge in [0.2, 0.25) is 0 Å². The van der Waals surface area contributed by atoms with E-state index in [-0.39, 0.29) is 5.54 Å². The molecule has 58 valence electrons. The Bertz CT molecular complexity index is 123. The zero-order valence-electron chi connectivity index (χ0n) is 6.98. The molecule has 0 heterocycles. The first-order valence-corrected chi connectivity index (χ1v) is 4.03. The predicted octanol–water partition coefficient (Wildman–Crippen LogP) is 1.95. The minimum absolute atomic E-state index is 0.128. The Balaban J connectivity index is 2.14. The Morgan fingerprint density at radius 2 is 2.20 bits per heavy atom. The smallest absolute Gasteiger partial charge is 0.0304 e. The van der Waals surface area contributed by atoms with Crippen LogP contribution in [0.5, 0.6) is 0 Å². The maximum absolute atomic E-state index is 3.77. The van der Waals surface area contributed by atoms with E-state index in [1.54, 1.807) is 0 Å². The Labute approximate surface area is 63.5 Å². The highest BCUT2D eigenvalue weighted by atomic mass is 15.0. The summed E-state index contributed by atoms with van der Waals surface area (Å²) >= 11 is 0. The lowest BCUT2D eigenvalue weighted by Crippen LogP contribution is -2.38. The molecule has 1 aliphatic rings. The molecule has 1 N–H and O–H groups in total. The fraction of sp³-hybridized carbons (Fsp3) is 0.778. The summed E-state index contributed by atoms with van der Waals surface area (Å²) in [5.74, 6) is 0.958. The van der Waals surface area contributed by atoms with Gasteiger partial charge < -0.3 is 5.32 Å². The molecule has 1 nitrogen and oxygen atoms in total. The highest BCUT2D eigenvalue weighted by Crippen LogP contribution is 2.28. The van der Waals surface area contributed by atoms with Gasteiger partial charge in [0.1, 0.15) is 0 Å². The van der Waals surface area contributed by atoms with Crippen molar-refractivity contribution in [2.24, 2.45) is 5.92 Å². The van der Waals surface area contributed by atoms with E-state index < -0.39 is 0 Å². The fourth-order valence-corrected chi connectivity index (χ4v) is 0.802. The van der Waals surface area contributed by atoms with Crippen LogP contribution in [-0.4, -0.2) is 12.1 Å². The third-order valence-electron chi connectivity index (χ3n) is 2.05. The van der Waals surface area contributed by atoms with Gasteiger partial charge in [-0.2, -0.15) is 0 Å². The SMILES string of the molecule is C=CC(C)(C)NCC1CC1. The molecule has 10 heavy (non-hydrogen) atoms. The average Bonchev–Trinajstić information content (AvgIpc) is 2.66. The summed E-state index contributed by atoms with van der Waals surface area (Å²) in [5, 5.41) is 3.45. The third kappa shape index (κ3) is 2.53. The molecule has 0 aliphatic heterocycles. The summed E-state index contributed by atoms with van der Waals surface area (Å²) in [6.45, 7) is 9.24. The van der Waals surface area contributed by atoms with Gasteiger partial charge >= 0.3 is 0 Å². The van der Waals surface area contributed by atoms with Crippen LogP contribution in [0, 0.1) is 5.92 Å². The number of hydrogen-bond acceptors (Lipinski definition) is 1. The quantitative estimate of drug-likeness (QED) is 0.587. The van der Waals surface area contributed by atoms with Crippen molar-refractivity contribution in [3.63, 3.8) is 0 Å². The molecule has 0 amide bonds. The van der Waals surface area contributed by atoms with Crippen LogP contribution in [-0.2, 0) is 0 Å². The zero-order chi connectivity index (χ0) is 7.61. The van der Waals surface area contributed by atoms with Crippen molar-refractivity contribution in [1.29, 1.82) is 0 Å². The van der Waals surface area contributed by atoms with Gasteiger partial charge in [0.25, 0.3) is 0 Å². The molecular weight excluding hydrogens is 122 g/mol. The van der Waals surface area contributed by atoms with Crippen molar-refractivity contribution in [2.75, 3.05) is 6.54 Å². The lowest BCUT2D eigenvalue weighted by atomic mass is 10.1. The minimum atomic E-state index is 0.128. The second-order valence-corrected chi connectivity index (χ2v) is 3.75. The van der Waals surface area contributed by atoms with Crippen molar-refractivity contribution in [2.45, 2.75) is 32.2 Å². The lowest BCUT2D eigenvalue weighted by molar-refractivity contribution is 0.462. The topological polar surface area (TPSA) is 12.0 Å². The second kappa shape index (κ2) is 2.75. The molecule has 0 aromatic rings. The summed E-state index contributed by atoms with van der Waals surface area (Å²) in [7, 11) is 0. The summed E-state index contributed by atoms with van der Waals surface area (Å²) in [5.41, 5.74) is 0.128. The van der Waals surface area contributed by atoms with Gasteiger partial charge in [0, 0.05) is 5.54 Å². The number of rotatable bonds is 4. The van der Waals surface area contributed by atoms with E-state index in [1.165, 1.54) is 19.4 Å². The van der Waals surface area contributed by atoms with Gasteiger partial charge in [0.05, 0.1) is 0 Å². The Hall–Kier alpha value is -0.300.